The first-order chi connectivity index (χ1) is 11.2. The van der Waals surface area contributed by atoms with Crippen molar-refractivity contribution in [3.05, 3.63) is 64.3 Å². The standard InChI is InChI=1S/C16H13N3O4/c20-15(8-7-12-4-1-2-5-13(12)19(21)22)18-10-11-23-16-14(18)6-3-9-17-16/h1-9H,10-11H2. The highest BCUT2D eigenvalue weighted by Crippen LogP contribution is 2.29. The van der Waals surface area contributed by atoms with Gasteiger partial charge in [0.2, 0.25) is 5.88 Å². The van der Waals surface area contributed by atoms with Crippen LogP contribution >= 0.6 is 0 Å². The van der Waals surface area contributed by atoms with Gasteiger partial charge in [0, 0.05) is 18.3 Å². The van der Waals surface area contributed by atoms with Gasteiger partial charge in [-0.15, -0.1) is 0 Å². The minimum absolute atomic E-state index is 0.0411. The summed E-state index contributed by atoms with van der Waals surface area (Å²) in [7, 11) is 0. The molecule has 7 nitrogen and oxygen atoms in total. The van der Waals surface area contributed by atoms with Crippen LogP contribution in [-0.2, 0) is 4.79 Å². The fourth-order valence-electron chi connectivity index (χ4n) is 2.33. The van der Waals surface area contributed by atoms with E-state index in [-0.39, 0.29) is 11.6 Å². The summed E-state index contributed by atoms with van der Waals surface area (Å²) in [6, 6.07) is 9.73. The Morgan fingerprint density at radius 1 is 1.30 bits per heavy atom. The third-order valence-corrected chi connectivity index (χ3v) is 3.40. The minimum Gasteiger partial charge on any atom is -0.474 e. The molecule has 116 valence electrons. The fourth-order valence-corrected chi connectivity index (χ4v) is 2.33. The Balaban J connectivity index is 1.85. The highest BCUT2D eigenvalue weighted by molar-refractivity contribution is 6.05. The third kappa shape index (κ3) is 3.03. The van der Waals surface area contributed by atoms with E-state index < -0.39 is 4.92 Å². The molecule has 0 saturated carbocycles. The Hall–Kier alpha value is -3.22. The SMILES string of the molecule is O=C(C=Cc1ccccc1[N+](=O)[O-])N1CCOc2ncccc21. The fraction of sp³-hybridized carbons (Fsp3) is 0.125. The van der Waals surface area contributed by atoms with Gasteiger partial charge in [0.25, 0.3) is 11.6 Å². The molecule has 1 aromatic carbocycles. The summed E-state index contributed by atoms with van der Waals surface area (Å²) in [5.74, 6) is 0.131. The second kappa shape index (κ2) is 6.27. The van der Waals surface area contributed by atoms with Crippen molar-refractivity contribution < 1.29 is 14.5 Å². The molecule has 23 heavy (non-hydrogen) atoms. The van der Waals surface area contributed by atoms with E-state index in [1.54, 1.807) is 36.5 Å². The number of fused-ring (bicyclic) bond motifs is 1. The topological polar surface area (TPSA) is 85.6 Å². The van der Waals surface area contributed by atoms with Crippen LogP contribution in [0.25, 0.3) is 6.08 Å². The lowest BCUT2D eigenvalue weighted by Gasteiger charge is -2.27. The number of hydrogen-bond acceptors (Lipinski definition) is 5. The van der Waals surface area contributed by atoms with Crippen molar-refractivity contribution in [2.75, 3.05) is 18.1 Å². The molecule has 0 aliphatic carbocycles. The third-order valence-electron chi connectivity index (χ3n) is 3.40. The second-order valence-electron chi connectivity index (χ2n) is 4.82. The molecule has 0 radical (unpaired) electrons. The first-order valence-electron chi connectivity index (χ1n) is 6.97. The van der Waals surface area contributed by atoms with Crippen LogP contribution in [0.2, 0.25) is 0 Å². The number of carbonyl (C=O) groups excluding carboxylic acids is 1. The predicted octanol–water partition coefficient (Wildman–Crippen LogP) is 2.43. The number of nitrogens with zero attached hydrogens (tertiary/aromatic N) is 3. The summed E-state index contributed by atoms with van der Waals surface area (Å²) >= 11 is 0. The van der Waals surface area contributed by atoms with Gasteiger partial charge in [-0.25, -0.2) is 4.98 Å². The van der Waals surface area contributed by atoms with Crippen molar-refractivity contribution in [3.63, 3.8) is 0 Å². The van der Waals surface area contributed by atoms with Crippen molar-refractivity contribution in [2.24, 2.45) is 0 Å². The normalized spacial score (nSPS) is 13.5. The molecule has 1 aliphatic heterocycles. The summed E-state index contributed by atoms with van der Waals surface area (Å²) < 4.78 is 5.40. The molecule has 0 saturated heterocycles. The summed E-state index contributed by atoms with van der Waals surface area (Å²) in [5, 5.41) is 11.0. The molecule has 0 atom stereocenters. The van der Waals surface area contributed by atoms with Gasteiger partial charge in [0.1, 0.15) is 12.3 Å². The van der Waals surface area contributed by atoms with Gasteiger partial charge >= 0.3 is 0 Å². The van der Waals surface area contributed by atoms with Crippen LogP contribution < -0.4 is 9.64 Å². The molecule has 1 aromatic heterocycles. The number of nitro benzene ring substituents is 1. The molecule has 1 aliphatic rings. The van der Waals surface area contributed by atoms with Crippen molar-refractivity contribution in [3.8, 4) is 5.88 Å². The van der Waals surface area contributed by atoms with E-state index in [9.17, 15) is 14.9 Å². The van der Waals surface area contributed by atoms with Gasteiger partial charge in [-0.2, -0.15) is 0 Å². The maximum atomic E-state index is 12.4. The molecule has 0 spiro atoms. The smallest absolute Gasteiger partial charge is 0.276 e. The van der Waals surface area contributed by atoms with Crippen LogP contribution in [0.1, 0.15) is 5.56 Å². The molecular weight excluding hydrogens is 298 g/mol. The number of pyridine rings is 1. The van der Waals surface area contributed by atoms with Crippen molar-refractivity contribution in [1.82, 2.24) is 4.98 Å². The van der Waals surface area contributed by atoms with Gasteiger partial charge in [0.05, 0.1) is 17.0 Å². The Bertz CT molecular complexity index is 788. The molecule has 7 heteroatoms. The van der Waals surface area contributed by atoms with Gasteiger partial charge in [-0.1, -0.05) is 12.1 Å². The molecule has 0 bridgehead atoms. The van der Waals surface area contributed by atoms with E-state index in [0.717, 1.165) is 0 Å². The van der Waals surface area contributed by atoms with Crippen molar-refractivity contribution in [2.45, 2.75) is 0 Å². The quantitative estimate of drug-likeness (QED) is 0.493. The average molecular weight is 311 g/mol. The first-order valence-corrected chi connectivity index (χ1v) is 6.97. The highest BCUT2D eigenvalue weighted by atomic mass is 16.6. The number of para-hydroxylation sites is 1. The molecule has 2 aromatic rings. The number of amides is 1. The van der Waals surface area contributed by atoms with E-state index >= 15 is 0 Å². The van der Waals surface area contributed by atoms with Crippen LogP contribution in [0, 0.1) is 10.1 Å². The largest absolute Gasteiger partial charge is 0.474 e. The summed E-state index contributed by atoms with van der Waals surface area (Å²) in [4.78, 5) is 28.5. The maximum absolute atomic E-state index is 12.4. The molecule has 0 unspecified atom stereocenters. The van der Waals surface area contributed by atoms with Crippen LogP contribution in [0.4, 0.5) is 11.4 Å². The second-order valence-corrected chi connectivity index (χ2v) is 4.82. The van der Waals surface area contributed by atoms with Crippen molar-refractivity contribution in [1.29, 1.82) is 0 Å². The molecule has 2 heterocycles. The number of aromatic nitrogens is 1. The minimum atomic E-state index is -0.474. The first kappa shape index (κ1) is 14.7. The zero-order chi connectivity index (χ0) is 16.2. The number of anilines is 1. The molecule has 0 fully saturated rings. The number of carbonyl (C=O) groups is 1. The van der Waals surface area contributed by atoms with Crippen LogP contribution in [0.3, 0.4) is 0 Å². The van der Waals surface area contributed by atoms with E-state index in [2.05, 4.69) is 4.98 Å². The van der Waals surface area contributed by atoms with Crippen LogP contribution in [-0.4, -0.2) is 29.0 Å². The number of hydrogen-bond donors (Lipinski definition) is 0. The van der Waals surface area contributed by atoms with Crippen LogP contribution in [0.5, 0.6) is 5.88 Å². The lowest BCUT2D eigenvalue weighted by molar-refractivity contribution is -0.385. The van der Waals surface area contributed by atoms with E-state index in [1.165, 1.54) is 23.1 Å². The van der Waals surface area contributed by atoms with Gasteiger partial charge in [-0.05, 0) is 24.3 Å². The Labute approximate surface area is 132 Å². The van der Waals surface area contributed by atoms with Crippen molar-refractivity contribution >= 4 is 23.4 Å². The summed E-state index contributed by atoms with van der Waals surface area (Å²) in [6.45, 7) is 0.758. The number of benzene rings is 1. The number of nitro groups is 1. The maximum Gasteiger partial charge on any atom is 0.276 e. The zero-order valence-electron chi connectivity index (χ0n) is 12.1. The van der Waals surface area contributed by atoms with E-state index in [4.69, 9.17) is 4.74 Å². The summed E-state index contributed by atoms with van der Waals surface area (Å²) in [6.07, 6.45) is 4.37. The van der Waals surface area contributed by atoms with E-state index in [0.29, 0.717) is 30.3 Å². The monoisotopic (exact) mass is 311 g/mol. The predicted molar refractivity (Wildman–Crippen MR) is 84.2 cm³/mol. The summed E-state index contributed by atoms with van der Waals surface area (Å²) in [5.41, 5.74) is 0.932. The Morgan fingerprint density at radius 3 is 2.96 bits per heavy atom. The Kier molecular flexibility index (Phi) is 4.01. The van der Waals surface area contributed by atoms with Gasteiger partial charge < -0.3 is 9.64 Å². The highest BCUT2D eigenvalue weighted by Gasteiger charge is 2.22. The lowest BCUT2D eigenvalue weighted by atomic mass is 10.1. The lowest BCUT2D eigenvalue weighted by Crippen LogP contribution is -2.37. The molecule has 3 rings (SSSR count). The molecular formula is C16H13N3O4. The average Bonchev–Trinajstić information content (AvgIpc) is 2.59. The van der Waals surface area contributed by atoms with Crippen LogP contribution in [0.15, 0.2) is 48.7 Å². The Morgan fingerprint density at radius 2 is 2.13 bits per heavy atom. The molecule has 0 N–H and O–H groups in total. The molecule has 1 amide bonds. The number of ether oxygens (including phenoxy) is 1. The van der Waals surface area contributed by atoms with Gasteiger partial charge in [-0.3, -0.25) is 14.9 Å². The van der Waals surface area contributed by atoms with Gasteiger partial charge in [0.15, 0.2) is 0 Å². The van der Waals surface area contributed by atoms with E-state index in [1.807, 2.05) is 0 Å². The zero-order valence-corrected chi connectivity index (χ0v) is 12.1. The number of rotatable bonds is 3.